The van der Waals surface area contributed by atoms with Gasteiger partial charge in [0.2, 0.25) is 0 Å². The molecule has 1 aromatic rings. The van der Waals surface area contributed by atoms with E-state index in [1.54, 1.807) is 0 Å². The van der Waals surface area contributed by atoms with E-state index in [0.717, 1.165) is 12.1 Å². The number of halogens is 1. The van der Waals surface area contributed by atoms with Crippen molar-refractivity contribution < 1.29 is 24.8 Å². The van der Waals surface area contributed by atoms with Gasteiger partial charge in [-0.1, -0.05) is 0 Å². The second-order valence-corrected chi connectivity index (χ2v) is 3.88. The summed E-state index contributed by atoms with van der Waals surface area (Å²) in [6.45, 7) is -1.41. The second-order valence-electron chi connectivity index (χ2n) is 3.88. The van der Waals surface area contributed by atoms with Crippen LogP contribution in [0.25, 0.3) is 0 Å². The fourth-order valence-electron chi connectivity index (χ4n) is 1.30. The number of rotatable bonds is 6. The highest BCUT2D eigenvalue weighted by atomic mass is 19.1. The van der Waals surface area contributed by atoms with Crippen LogP contribution >= 0.6 is 0 Å². The van der Waals surface area contributed by atoms with Crippen LogP contribution in [0.15, 0.2) is 18.2 Å². The maximum absolute atomic E-state index is 12.9. The van der Waals surface area contributed by atoms with Crippen LogP contribution in [0.4, 0.5) is 4.39 Å². The van der Waals surface area contributed by atoms with Gasteiger partial charge in [-0.3, -0.25) is 0 Å². The van der Waals surface area contributed by atoms with Gasteiger partial charge in [0.15, 0.2) is 0 Å². The summed E-state index contributed by atoms with van der Waals surface area (Å²) in [6, 6.07) is 3.47. The Bertz CT molecular complexity index is 360. The molecule has 0 saturated carbocycles. The topological polar surface area (TPSA) is 93.0 Å². The predicted octanol–water partition coefficient (Wildman–Crippen LogP) is -0.663. The number of benzene rings is 1. The Morgan fingerprint density at radius 3 is 2.24 bits per heavy atom. The average molecular weight is 245 g/mol. The first-order valence-electron chi connectivity index (χ1n) is 5.12. The number of phenols is 1. The molecule has 1 aromatic carbocycles. The van der Waals surface area contributed by atoms with Crippen molar-refractivity contribution in [2.75, 3.05) is 19.8 Å². The molecule has 0 spiro atoms. The van der Waals surface area contributed by atoms with E-state index < -0.39 is 31.2 Å². The highest BCUT2D eigenvalue weighted by Gasteiger charge is 2.27. The Labute approximate surface area is 98.1 Å². The fourth-order valence-corrected chi connectivity index (χ4v) is 1.30. The van der Waals surface area contributed by atoms with Gasteiger partial charge in [-0.2, -0.15) is 0 Å². The minimum Gasteiger partial charge on any atom is -0.508 e. The summed E-state index contributed by atoms with van der Waals surface area (Å²) in [4.78, 5) is 0. The number of hydrogen-bond acceptors (Lipinski definition) is 5. The molecule has 0 aromatic heterocycles. The molecule has 1 rings (SSSR count). The van der Waals surface area contributed by atoms with Crippen molar-refractivity contribution in [3.63, 3.8) is 0 Å². The molecule has 5 nitrogen and oxygen atoms in total. The Morgan fingerprint density at radius 1 is 1.12 bits per heavy atom. The smallest absolute Gasteiger partial charge is 0.123 e. The number of phenolic OH excluding ortho intramolecular Hbond substituents is 1. The summed E-state index contributed by atoms with van der Waals surface area (Å²) in [5.74, 6) is -0.594. The van der Waals surface area contributed by atoms with Crippen molar-refractivity contribution in [2.45, 2.75) is 12.1 Å². The minimum absolute atomic E-state index is 0.0191. The fraction of sp³-hybridized carbons (Fsp3) is 0.455. The summed E-state index contributed by atoms with van der Waals surface area (Å²) in [7, 11) is 0. The van der Waals surface area contributed by atoms with Gasteiger partial charge in [-0.15, -0.1) is 0 Å². The van der Waals surface area contributed by atoms with E-state index in [9.17, 15) is 9.50 Å². The number of aliphatic hydroxyl groups excluding tert-OH is 3. The molecule has 0 unspecified atom stereocenters. The third-order valence-electron chi connectivity index (χ3n) is 2.60. The predicted molar refractivity (Wildman–Crippen MR) is 58.9 cm³/mol. The molecule has 0 aliphatic rings. The van der Waals surface area contributed by atoms with Crippen molar-refractivity contribution in [2.24, 2.45) is 0 Å². The van der Waals surface area contributed by atoms with Crippen LogP contribution < -0.4 is 5.32 Å². The molecule has 96 valence electrons. The van der Waals surface area contributed by atoms with Crippen molar-refractivity contribution in [1.82, 2.24) is 5.32 Å². The van der Waals surface area contributed by atoms with Gasteiger partial charge in [-0.25, -0.2) is 4.39 Å². The number of aliphatic hydroxyl groups is 3. The maximum atomic E-state index is 12.9. The molecule has 5 N–H and O–H groups in total. The zero-order valence-corrected chi connectivity index (χ0v) is 9.23. The minimum atomic E-state index is -1.25. The summed E-state index contributed by atoms with van der Waals surface area (Å²) in [5, 5.41) is 39.3. The summed E-state index contributed by atoms with van der Waals surface area (Å²) < 4.78 is 12.9. The molecule has 0 fully saturated rings. The van der Waals surface area contributed by atoms with E-state index in [1.807, 2.05) is 0 Å². The molecule has 0 saturated heterocycles. The molecular weight excluding hydrogens is 229 g/mol. The van der Waals surface area contributed by atoms with Gasteiger partial charge in [0.25, 0.3) is 0 Å². The molecule has 0 aliphatic heterocycles. The largest absolute Gasteiger partial charge is 0.508 e. The zero-order valence-electron chi connectivity index (χ0n) is 9.23. The molecular formula is C11H16FNO4. The lowest BCUT2D eigenvalue weighted by Gasteiger charge is -2.29. The summed E-state index contributed by atoms with van der Waals surface area (Å²) in [5.41, 5.74) is -0.969. The normalized spacial score (nSPS) is 11.8. The van der Waals surface area contributed by atoms with Crippen molar-refractivity contribution in [1.29, 1.82) is 0 Å². The van der Waals surface area contributed by atoms with Crippen LogP contribution in [0, 0.1) is 5.82 Å². The Hall–Kier alpha value is -1.21. The van der Waals surface area contributed by atoms with Gasteiger partial charge < -0.3 is 25.7 Å². The molecule has 0 bridgehead atoms. The number of nitrogens with one attached hydrogen (secondary N) is 1. The van der Waals surface area contributed by atoms with Crippen LogP contribution in [-0.4, -0.2) is 45.8 Å². The van der Waals surface area contributed by atoms with Gasteiger partial charge in [-0.05, 0) is 18.2 Å². The molecule has 0 aliphatic carbocycles. The molecule has 17 heavy (non-hydrogen) atoms. The van der Waals surface area contributed by atoms with Gasteiger partial charge >= 0.3 is 0 Å². The third-order valence-corrected chi connectivity index (χ3v) is 2.60. The quantitative estimate of drug-likeness (QED) is 0.458. The van der Waals surface area contributed by atoms with E-state index in [4.69, 9.17) is 15.3 Å². The monoisotopic (exact) mass is 245 g/mol. The Morgan fingerprint density at radius 2 is 1.71 bits per heavy atom. The Balaban J connectivity index is 2.75. The lowest BCUT2D eigenvalue weighted by atomic mass is 10.0. The van der Waals surface area contributed by atoms with E-state index >= 15 is 0 Å². The van der Waals surface area contributed by atoms with E-state index in [1.165, 1.54) is 6.07 Å². The zero-order chi connectivity index (χ0) is 12.9. The molecule has 0 atom stereocenters. The van der Waals surface area contributed by atoms with Gasteiger partial charge in [0.1, 0.15) is 11.6 Å². The second kappa shape index (κ2) is 5.92. The average Bonchev–Trinajstić information content (AvgIpc) is 2.35. The van der Waals surface area contributed by atoms with Crippen LogP contribution in [-0.2, 0) is 6.54 Å². The van der Waals surface area contributed by atoms with E-state index in [0.29, 0.717) is 0 Å². The Kier molecular flexibility index (Phi) is 4.83. The summed E-state index contributed by atoms with van der Waals surface area (Å²) >= 11 is 0. The lowest BCUT2D eigenvalue weighted by Crippen LogP contribution is -2.54. The van der Waals surface area contributed by atoms with Crippen LogP contribution in [0.1, 0.15) is 5.56 Å². The van der Waals surface area contributed by atoms with Gasteiger partial charge in [0, 0.05) is 12.1 Å². The van der Waals surface area contributed by atoms with Crippen LogP contribution in [0.3, 0.4) is 0 Å². The first-order chi connectivity index (χ1) is 8.06. The number of aromatic hydroxyl groups is 1. The van der Waals surface area contributed by atoms with Crippen molar-refractivity contribution in [3.8, 4) is 5.75 Å². The molecule has 0 amide bonds. The lowest BCUT2D eigenvalue weighted by molar-refractivity contribution is 0.0412. The molecule has 6 heteroatoms. The SMILES string of the molecule is OCC(CO)(CO)NCc1cc(F)ccc1O. The summed E-state index contributed by atoms with van der Waals surface area (Å²) in [6.07, 6.45) is 0. The van der Waals surface area contributed by atoms with E-state index in [2.05, 4.69) is 5.32 Å². The standard InChI is InChI=1S/C11H16FNO4/c12-9-1-2-10(17)8(3-9)4-13-11(5-14,6-15)7-16/h1-3,13-17H,4-7H2. The van der Waals surface area contributed by atoms with Crippen LogP contribution in [0.5, 0.6) is 5.75 Å². The van der Waals surface area contributed by atoms with Crippen LogP contribution in [0.2, 0.25) is 0 Å². The van der Waals surface area contributed by atoms with Crippen molar-refractivity contribution in [3.05, 3.63) is 29.6 Å². The molecule has 0 heterocycles. The van der Waals surface area contributed by atoms with E-state index in [-0.39, 0.29) is 17.9 Å². The number of hydrogen-bond donors (Lipinski definition) is 5. The first kappa shape index (κ1) is 13.9. The highest BCUT2D eigenvalue weighted by molar-refractivity contribution is 5.32. The molecule has 0 radical (unpaired) electrons. The highest BCUT2D eigenvalue weighted by Crippen LogP contribution is 2.18. The third kappa shape index (κ3) is 3.37. The van der Waals surface area contributed by atoms with Gasteiger partial charge in [0.05, 0.1) is 25.4 Å². The first-order valence-corrected chi connectivity index (χ1v) is 5.12. The van der Waals surface area contributed by atoms with Crippen molar-refractivity contribution >= 4 is 0 Å². The maximum Gasteiger partial charge on any atom is 0.123 e.